The van der Waals surface area contributed by atoms with Crippen molar-refractivity contribution in [1.82, 2.24) is 0 Å². The van der Waals surface area contributed by atoms with Crippen molar-refractivity contribution in [3.63, 3.8) is 0 Å². The first kappa shape index (κ1) is 13.8. The minimum atomic E-state index is 0.00819. The van der Waals surface area contributed by atoms with Gasteiger partial charge in [0.15, 0.2) is 0 Å². The van der Waals surface area contributed by atoms with E-state index in [0.29, 0.717) is 13.0 Å². The highest BCUT2D eigenvalue weighted by Crippen LogP contribution is 2.25. The first-order valence-electron chi connectivity index (χ1n) is 7.45. The standard InChI is InChI=1S/C18H20N2O/c19-12-16-5-2-1-4-15(16)11-18(21)20-17-9-8-13-6-3-7-14(13)10-17/h1-2,4-5,8-10H,3,6-7,11-12,19H2,(H,20,21). The molecule has 0 bridgehead atoms. The van der Waals surface area contributed by atoms with Crippen LogP contribution < -0.4 is 11.1 Å². The zero-order valence-corrected chi connectivity index (χ0v) is 12.1. The van der Waals surface area contributed by atoms with Crippen LogP contribution in [-0.4, -0.2) is 5.91 Å². The first-order chi connectivity index (χ1) is 10.3. The van der Waals surface area contributed by atoms with Crippen molar-refractivity contribution < 1.29 is 4.79 Å². The second-order valence-electron chi connectivity index (χ2n) is 5.53. The van der Waals surface area contributed by atoms with Gasteiger partial charge in [-0.2, -0.15) is 0 Å². The number of nitrogens with two attached hydrogens (primary N) is 1. The van der Waals surface area contributed by atoms with E-state index in [1.807, 2.05) is 30.3 Å². The van der Waals surface area contributed by atoms with E-state index in [4.69, 9.17) is 5.73 Å². The number of aryl methyl sites for hydroxylation is 2. The lowest BCUT2D eigenvalue weighted by atomic mass is 10.0. The molecule has 0 spiro atoms. The number of rotatable bonds is 4. The zero-order chi connectivity index (χ0) is 14.7. The van der Waals surface area contributed by atoms with Gasteiger partial charge in [0.25, 0.3) is 0 Å². The molecule has 1 aliphatic carbocycles. The molecule has 108 valence electrons. The Morgan fingerprint density at radius 3 is 2.62 bits per heavy atom. The fraction of sp³-hybridized carbons (Fsp3) is 0.278. The van der Waals surface area contributed by atoms with Gasteiger partial charge in [0.2, 0.25) is 5.91 Å². The molecule has 0 radical (unpaired) electrons. The van der Waals surface area contributed by atoms with Gasteiger partial charge in [-0.25, -0.2) is 0 Å². The Balaban J connectivity index is 1.69. The van der Waals surface area contributed by atoms with Crippen LogP contribution in [-0.2, 0) is 30.6 Å². The number of anilines is 1. The zero-order valence-electron chi connectivity index (χ0n) is 12.1. The number of nitrogens with one attached hydrogen (secondary N) is 1. The monoisotopic (exact) mass is 280 g/mol. The van der Waals surface area contributed by atoms with Crippen LogP contribution in [0, 0.1) is 0 Å². The van der Waals surface area contributed by atoms with Gasteiger partial charge < -0.3 is 11.1 Å². The van der Waals surface area contributed by atoms with E-state index in [9.17, 15) is 4.79 Å². The fourth-order valence-electron chi connectivity index (χ4n) is 2.96. The number of fused-ring (bicyclic) bond motifs is 1. The molecule has 21 heavy (non-hydrogen) atoms. The van der Waals surface area contributed by atoms with Crippen molar-refractivity contribution in [2.24, 2.45) is 5.73 Å². The summed E-state index contributed by atoms with van der Waals surface area (Å²) in [6.45, 7) is 0.461. The van der Waals surface area contributed by atoms with Crippen LogP contribution in [0.4, 0.5) is 5.69 Å². The fourth-order valence-corrected chi connectivity index (χ4v) is 2.96. The largest absolute Gasteiger partial charge is 0.326 e. The lowest BCUT2D eigenvalue weighted by Gasteiger charge is -2.10. The highest BCUT2D eigenvalue weighted by Gasteiger charge is 2.12. The third-order valence-corrected chi connectivity index (χ3v) is 4.07. The Bertz CT molecular complexity index is 664. The van der Waals surface area contributed by atoms with E-state index >= 15 is 0 Å². The number of carbonyl (C=O) groups excluding carboxylic acids is 1. The Morgan fingerprint density at radius 1 is 1.05 bits per heavy atom. The summed E-state index contributed by atoms with van der Waals surface area (Å²) in [6, 6.07) is 14.1. The number of benzene rings is 2. The van der Waals surface area contributed by atoms with Gasteiger partial charge in [-0.15, -0.1) is 0 Å². The molecule has 3 nitrogen and oxygen atoms in total. The molecule has 0 aliphatic heterocycles. The minimum absolute atomic E-state index is 0.00819. The van der Waals surface area contributed by atoms with Gasteiger partial charge in [-0.1, -0.05) is 30.3 Å². The summed E-state index contributed by atoms with van der Waals surface area (Å²) in [5.74, 6) is 0.00819. The average molecular weight is 280 g/mol. The van der Waals surface area contributed by atoms with Crippen LogP contribution in [0.15, 0.2) is 42.5 Å². The number of amides is 1. The van der Waals surface area contributed by atoms with Crippen molar-refractivity contribution in [3.05, 3.63) is 64.7 Å². The summed E-state index contributed by atoms with van der Waals surface area (Å²) in [5, 5.41) is 2.99. The molecule has 0 aromatic heterocycles. The molecule has 0 fully saturated rings. The van der Waals surface area contributed by atoms with Crippen molar-refractivity contribution in [3.8, 4) is 0 Å². The Labute approximate surface area is 125 Å². The minimum Gasteiger partial charge on any atom is -0.326 e. The number of hydrogen-bond donors (Lipinski definition) is 2. The third kappa shape index (κ3) is 3.14. The van der Waals surface area contributed by atoms with Crippen LogP contribution in [0.2, 0.25) is 0 Å². The lowest BCUT2D eigenvalue weighted by molar-refractivity contribution is -0.115. The van der Waals surface area contributed by atoms with Gasteiger partial charge in [-0.05, 0) is 53.6 Å². The molecule has 3 heteroatoms. The average Bonchev–Trinajstić information content (AvgIpc) is 2.95. The van der Waals surface area contributed by atoms with Crippen LogP contribution >= 0.6 is 0 Å². The SMILES string of the molecule is NCc1ccccc1CC(=O)Nc1ccc2c(c1)CCC2. The second kappa shape index (κ2) is 6.10. The van der Waals surface area contributed by atoms with Crippen molar-refractivity contribution >= 4 is 11.6 Å². The summed E-state index contributed by atoms with van der Waals surface area (Å²) in [6.07, 6.45) is 3.86. The molecular formula is C18H20N2O. The smallest absolute Gasteiger partial charge is 0.228 e. The lowest BCUT2D eigenvalue weighted by Crippen LogP contribution is -2.16. The molecule has 2 aromatic rings. The van der Waals surface area contributed by atoms with E-state index in [1.165, 1.54) is 17.5 Å². The summed E-state index contributed by atoms with van der Waals surface area (Å²) in [5.41, 5.74) is 11.4. The van der Waals surface area contributed by atoms with E-state index < -0.39 is 0 Å². The van der Waals surface area contributed by atoms with E-state index in [0.717, 1.165) is 29.7 Å². The van der Waals surface area contributed by atoms with Gasteiger partial charge in [-0.3, -0.25) is 4.79 Å². The molecule has 0 atom stereocenters. The quantitative estimate of drug-likeness (QED) is 0.905. The van der Waals surface area contributed by atoms with Crippen LogP contribution in [0.5, 0.6) is 0 Å². The topological polar surface area (TPSA) is 55.1 Å². The Hall–Kier alpha value is -2.13. The van der Waals surface area contributed by atoms with E-state index in [2.05, 4.69) is 17.4 Å². The Morgan fingerprint density at radius 2 is 1.81 bits per heavy atom. The first-order valence-corrected chi connectivity index (χ1v) is 7.45. The third-order valence-electron chi connectivity index (χ3n) is 4.07. The van der Waals surface area contributed by atoms with Gasteiger partial charge in [0, 0.05) is 12.2 Å². The molecule has 1 aliphatic rings. The van der Waals surface area contributed by atoms with E-state index in [-0.39, 0.29) is 5.91 Å². The highest BCUT2D eigenvalue weighted by atomic mass is 16.1. The highest BCUT2D eigenvalue weighted by molar-refractivity contribution is 5.92. The van der Waals surface area contributed by atoms with Crippen LogP contribution in [0.25, 0.3) is 0 Å². The molecular weight excluding hydrogens is 260 g/mol. The normalized spacial score (nSPS) is 13.0. The molecule has 0 unspecified atom stereocenters. The Kier molecular flexibility index (Phi) is 4.02. The second-order valence-corrected chi connectivity index (χ2v) is 5.53. The predicted molar refractivity (Wildman–Crippen MR) is 85.1 cm³/mol. The van der Waals surface area contributed by atoms with Gasteiger partial charge in [0.05, 0.1) is 6.42 Å². The summed E-state index contributed by atoms with van der Waals surface area (Å²) >= 11 is 0. The van der Waals surface area contributed by atoms with Gasteiger partial charge >= 0.3 is 0 Å². The summed E-state index contributed by atoms with van der Waals surface area (Å²) in [7, 11) is 0. The molecule has 2 aromatic carbocycles. The van der Waals surface area contributed by atoms with E-state index in [1.54, 1.807) is 0 Å². The van der Waals surface area contributed by atoms with Crippen LogP contribution in [0.1, 0.15) is 28.7 Å². The van der Waals surface area contributed by atoms with Gasteiger partial charge in [0.1, 0.15) is 0 Å². The maximum Gasteiger partial charge on any atom is 0.228 e. The maximum atomic E-state index is 12.2. The maximum absolute atomic E-state index is 12.2. The predicted octanol–water partition coefficient (Wildman–Crippen LogP) is 2.82. The van der Waals surface area contributed by atoms with Crippen molar-refractivity contribution in [2.45, 2.75) is 32.2 Å². The number of hydrogen-bond acceptors (Lipinski definition) is 2. The van der Waals surface area contributed by atoms with Crippen molar-refractivity contribution in [1.29, 1.82) is 0 Å². The molecule has 1 amide bonds. The summed E-state index contributed by atoms with van der Waals surface area (Å²) in [4.78, 5) is 12.2. The molecule has 0 saturated carbocycles. The molecule has 0 saturated heterocycles. The molecule has 3 N–H and O–H groups in total. The molecule has 3 rings (SSSR count). The molecule has 0 heterocycles. The summed E-state index contributed by atoms with van der Waals surface area (Å²) < 4.78 is 0. The van der Waals surface area contributed by atoms with Crippen LogP contribution in [0.3, 0.4) is 0 Å². The van der Waals surface area contributed by atoms with Crippen molar-refractivity contribution in [2.75, 3.05) is 5.32 Å². The number of carbonyl (C=O) groups is 1.